The number of aliphatic carboxylic acids is 1. The Kier molecular flexibility index (Phi) is 2.87. The first-order valence-electron chi connectivity index (χ1n) is 4.16. The van der Waals surface area contributed by atoms with Crippen molar-refractivity contribution in [1.82, 2.24) is 0 Å². The fourth-order valence-corrected chi connectivity index (χ4v) is 1.54. The van der Waals surface area contributed by atoms with Gasteiger partial charge in [-0.3, -0.25) is 4.79 Å². The van der Waals surface area contributed by atoms with E-state index in [2.05, 4.69) is 0 Å². The van der Waals surface area contributed by atoms with Crippen molar-refractivity contribution in [3.63, 3.8) is 0 Å². The molecule has 0 saturated heterocycles. The van der Waals surface area contributed by atoms with Crippen LogP contribution in [-0.2, 0) is 4.79 Å². The number of carbonyl (C=O) groups is 1. The average molecular weight is 170 g/mol. The first-order valence-corrected chi connectivity index (χ1v) is 4.16. The van der Waals surface area contributed by atoms with Crippen LogP contribution in [0.15, 0.2) is 11.6 Å². The smallest absolute Gasteiger partial charge is 0.303 e. The Hall–Kier alpha value is -0.830. The number of aliphatic hydroxyl groups is 1. The Balaban J connectivity index is 2.53. The van der Waals surface area contributed by atoms with E-state index >= 15 is 0 Å². The van der Waals surface area contributed by atoms with Gasteiger partial charge in [-0.25, -0.2) is 0 Å². The van der Waals surface area contributed by atoms with Gasteiger partial charge >= 0.3 is 5.97 Å². The second-order valence-corrected chi connectivity index (χ2v) is 3.40. The first-order chi connectivity index (χ1) is 5.59. The summed E-state index contributed by atoms with van der Waals surface area (Å²) in [5.74, 6) is -0.918. The van der Waals surface area contributed by atoms with Crippen molar-refractivity contribution in [1.29, 1.82) is 0 Å². The van der Waals surface area contributed by atoms with Gasteiger partial charge in [0.15, 0.2) is 0 Å². The minimum atomic E-state index is -0.827. The van der Waals surface area contributed by atoms with Crippen LogP contribution in [0, 0.1) is 5.92 Å². The molecule has 1 aliphatic carbocycles. The van der Waals surface area contributed by atoms with Gasteiger partial charge in [-0.1, -0.05) is 11.6 Å². The lowest BCUT2D eigenvalue weighted by molar-refractivity contribution is -0.139. The summed E-state index contributed by atoms with van der Waals surface area (Å²) in [6.45, 7) is 1.96. The maximum atomic E-state index is 10.4. The molecule has 0 radical (unpaired) electrons. The summed E-state index contributed by atoms with van der Waals surface area (Å²) < 4.78 is 0. The van der Waals surface area contributed by atoms with Gasteiger partial charge in [-0.2, -0.15) is 0 Å². The molecule has 0 aromatic rings. The summed E-state index contributed by atoms with van der Waals surface area (Å²) in [7, 11) is 0. The monoisotopic (exact) mass is 170 g/mol. The van der Waals surface area contributed by atoms with Crippen LogP contribution >= 0.6 is 0 Å². The predicted octanol–water partition coefficient (Wildman–Crippen LogP) is 1.18. The molecular formula is C9H14O3. The van der Waals surface area contributed by atoms with E-state index < -0.39 is 12.1 Å². The largest absolute Gasteiger partial charge is 0.481 e. The predicted molar refractivity (Wildman–Crippen MR) is 44.7 cm³/mol. The fraction of sp³-hybridized carbons (Fsp3) is 0.667. The van der Waals surface area contributed by atoms with Crippen LogP contribution in [0.3, 0.4) is 0 Å². The van der Waals surface area contributed by atoms with Crippen molar-refractivity contribution in [3.8, 4) is 0 Å². The molecule has 0 spiro atoms. The molecule has 0 amide bonds. The number of carboxylic acid groups (broad SMARTS) is 1. The first kappa shape index (κ1) is 9.26. The molecule has 0 fully saturated rings. The lowest BCUT2D eigenvalue weighted by atomic mass is 9.86. The van der Waals surface area contributed by atoms with Crippen molar-refractivity contribution in [2.45, 2.75) is 32.3 Å². The number of allylic oxidation sites excluding steroid dienone is 1. The van der Waals surface area contributed by atoms with Gasteiger partial charge in [-0.15, -0.1) is 0 Å². The molecule has 1 aliphatic rings. The third-order valence-electron chi connectivity index (χ3n) is 2.28. The quantitative estimate of drug-likeness (QED) is 0.612. The number of hydrogen-bond donors (Lipinski definition) is 2. The lowest BCUT2D eigenvalue weighted by Crippen LogP contribution is -2.24. The van der Waals surface area contributed by atoms with Gasteiger partial charge in [0, 0.05) is 0 Å². The van der Waals surface area contributed by atoms with Crippen LogP contribution in [-0.4, -0.2) is 22.3 Å². The molecule has 0 saturated carbocycles. The highest BCUT2D eigenvalue weighted by Crippen LogP contribution is 2.25. The zero-order valence-corrected chi connectivity index (χ0v) is 7.16. The van der Waals surface area contributed by atoms with Gasteiger partial charge in [-0.05, 0) is 25.7 Å². The van der Waals surface area contributed by atoms with E-state index in [1.54, 1.807) is 6.08 Å². The Morgan fingerprint density at radius 3 is 2.92 bits per heavy atom. The molecule has 2 N–H and O–H groups in total. The van der Waals surface area contributed by atoms with Crippen LogP contribution in [0.4, 0.5) is 0 Å². The van der Waals surface area contributed by atoms with Gasteiger partial charge in [0.1, 0.15) is 0 Å². The molecule has 1 unspecified atom stereocenters. The summed E-state index contributed by atoms with van der Waals surface area (Å²) in [5.41, 5.74) is 1.16. The SMILES string of the molecule is CC1=C[C@H](O)C(CC(=O)O)CC1. The van der Waals surface area contributed by atoms with E-state index in [9.17, 15) is 9.90 Å². The summed E-state index contributed by atoms with van der Waals surface area (Å²) in [4.78, 5) is 10.4. The van der Waals surface area contributed by atoms with E-state index in [1.807, 2.05) is 6.92 Å². The number of rotatable bonds is 2. The molecule has 68 valence electrons. The van der Waals surface area contributed by atoms with Crippen LogP contribution in [0.5, 0.6) is 0 Å². The van der Waals surface area contributed by atoms with E-state index in [1.165, 1.54) is 0 Å². The van der Waals surface area contributed by atoms with Gasteiger partial charge in [0.05, 0.1) is 12.5 Å². The molecule has 0 bridgehead atoms. The second-order valence-electron chi connectivity index (χ2n) is 3.40. The topological polar surface area (TPSA) is 57.5 Å². The molecule has 3 heteroatoms. The van der Waals surface area contributed by atoms with Crippen molar-refractivity contribution in [3.05, 3.63) is 11.6 Å². The zero-order chi connectivity index (χ0) is 9.14. The lowest BCUT2D eigenvalue weighted by Gasteiger charge is -2.24. The Morgan fingerprint density at radius 2 is 2.42 bits per heavy atom. The van der Waals surface area contributed by atoms with Crippen molar-refractivity contribution in [2.24, 2.45) is 5.92 Å². The molecule has 0 heterocycles. The molecule has 2 atom stereocenters. The van der Waals surface area contributed by atoms with Crippen LogP contribution < -0.4 is 0 Å². The van der Waals surface area contributed by atoms with Crippen LogP contribution in [0.1, 0.15) is 26.2 Å². The second kappa shape index (κ2) is 3.72. The van der Waals surface area contributed by atoms with E-state index in [4.69, 9.17) is 5.11 Å². The molecular weight excluding hydrogens is 156 g/mol. The summed E-state index contributed by atoms with van der Waals surface area (Å²) in [6, 6.07) is 0. The molecule has 0 aliphatic heterocycles. The summed E-state index contributed by atoms with van der Waals surface area (Å²) >= 11 is 0. The van der Waals surface area contributed by atoms with Gasteiger partial charge in [0.2, 0.25) is 0 Å². The molecule has 1 rings (SSSR count). The van der Waals surface area contributed by atoms with Crippen LogP contribution in [0.2, 0.25) is 0 Å². The van der Waals surface area contributed by atoms with Crippen molar-refractivity contribution in [2.75, 3.05) is 0 Å². The molecule has 0 aromatic heterocycles. The number of carboxylic acids is 1. The third kappa shape index (κ3) is 2.34. The Labute approximate surface area is 71.7 Å². The Morgan fingerprint density at radius 1 is 1.75 bits per heavy atom. The molecule has 3 nitrogen and oxygen atoms in total. The third-order valence-corrected chi connectivity index (χ3v) is 2.28. The minimum Gasteiger partial charge on any atom is -0.481 e. The standard InChI is InChI=1S/C9H14O3/c1-6-2-3-7(5-9(11)12)8(10)4-6/h4,7-8,10H,2-3,5H2,1H3,(H,11,12)/t7?,8-/m0/s1. The average Bonchev–Trinajstić information content (AvgIpc) is 1.94. The molecule has 12 heavy (non-hydrogen) atoms. The zero-order valence-electron chi connectivity index (χ0n) is 7.16. The fourth-order valence-electron chi connectivity index (χ4n) is 1.54. The van der Waals surface area contributed by atoms with Gasteiger partial charge in [0.25, 0.3) is 0 Å². The normalized spacial score (nSPS) is 29.7. The minimum absolute atomic E-state index is 0.0744. The highest BCUT2D eigenvalue weighted by Gasteiger charge is 2.23. The van der Waals surface area contributed by atoms with Crippen molar-refractivity contribution >= 4 is 5.97 Å². The van der Waals surface area contributed by atoms with Crippen molar-refractivity contribution < 1.29 is 15.0 Å². The number of hydrogen-bond acceptors (Lipinski definition) is 2. The highest BCUT2D eigenvalue weighted by atomic mass is 16.4. The van der Waals surface area contributed by atoms with E-state index in [-0.39, 0.29) is 12.3 Å². The van der Waals surface area contributed by atoms with Gasteiger partial charge < -0.3 is 10.2 Å². The highest BCUT2D eigenvalue weighted by molar-refractivity contribution is 5.67. The maximum Gasteiger partial charge on any atom is 0.303 e. The van der Waals surface area contributed by atoms with Crippen LogP contribution in [0.25, 0.3) is 0 Å². The van der Waals surface area contributed by atoms with E-state index in [0.29, 0.717) is 0 Å². The van der Waals surface area contributed by atoms with E-state index in [0.717, 1.165) is 18.4 Å². The summed E-state index contributed by atoms with van der Waals surface area (Å²) in [5, 5.41) is 18.0. The Bertz CT molecular complexity index is 208. The molecule has 0 aromatic carbocycles. The number of aliphatic hydroxyl groups excluding tert-OH is 1. The maximum absolute atomic E-state index is 10.4. The summed E-state index contributed by atoms with van der Waals surface area (Å²) in [6.07, 6.45) is 2.97.